The van der Waals surface area contributed by atoms with Crippen molar-refractivity contribution in [3.05, 3.63) is 59.4 Å². The van der Waals surface area contributed by atoms with Crippen LogP contribution in [-0.4, -0.2) is 4.99 Å². The highest BCUT2D eigenvalue weighted by atomic mass is 32.1. The minimum atomic E-state index is -0.407. The van der Waals surface area contributed by atoms with Crippen LogP contribution < -0.4 is 11.1 Å². The average Bonchev–Trinajstić information content (AvgIpc) is 2.41. The van der Waals surface area contributed by atoms with Crippen molar-refractivity contribution in [3.8, 4) is 0 Å². The largest absolute Gasteiger partial charge is 0.389 e. The Labute approximate surface area is 123 Å². The van der Waals surface area contributed by atoms with Crippen molar-refractivity contribution in [3.63, 3.8) is 0 Å². The second-order valence-corrected chi connectivity index (χ2v) is 5.03. The second-order valence-electron chi connectivity index (χ2n) is 4.59. The van der Waals surface area contributed by atoms with Crippen molar-refractivity contribution in [2.75, 3.05) is 5.32 Å². The molecule has 4 heteroatoms. The lowest BCUT2D eigenvalue weighted by Crippen LogP contribution is -2.11. The van der Waals surface area contributed by atoms with Crippen LogP contribution in [0.3, 0.4) is 0 Å². The summed E-state index contributed by atoms with van der Waals surface area (Å²) in [5.74, 6) is -0.407. The summed E-state index contributed by atoms with van der Waals surface area (Å²) < 4.78 is 13.8. The number of benzene rings is 2. The smallest absolute Gasteiger partial charge is 0.135 e. The minimum absolute atomic E-state index is 0.0698. The van der Waals surface area contributed by atoms with Crippen LogP contribution in [0.1, 0.15) is 24.5 Å². The first-order valence-electron chi connectivity index (χ1n) is 6.56. The van der Waals surface area contributed by atoms with Crippen LogP contribution in [0.25, 0.3) is 0 Å². The lowest BCUT2D eigenvalue weighted by Gasteiger charge is -2.12. The SMILES string of the molecule is CCCc1ccccc1Nc1ccc(C(N)=S)c(F)c1. The van der Waals surface area contributed by atoms with Gasteiger partial charge in [-0.05, 0) is 36.2 Å². The Bertz CT molecular complexity index is 626. The highest BCUT2D eigenvalue weighted by Gasteiger charge is 2.07. The highest BCUT2D eigenvalue weighted by Crippen LogP contribution is 2.23. The highest BCUT2D eigenvalue weighted by molar-refractivity contribution is 7.80. The quantitative estimate of drug-likeness (QED) is 0.811. The summed E-state index contributed by atoms with van der Waals surface area (Å²) in [5, 5.41) is 3.24. The van der Waals surface area contributed by atoms with Gasteiger partial charge in [-0.25, -0.2) is 4.39 Å². The Morgan fingerprint density at radius 1 is 1.25 bits per heavy atom. The molecule has 104 valence electrons. The molecule has 0 bridgehead atoms. The van der Waals surface area contributed by atoms with Crippen molar-refractivity contribution in [2.24, 2.45) is 5.73 Å². The molecule has 0 fully saturated rings. The molecule has 0 radical (unpaired) electrons. The fraction of sp³-hybridized carbons (Fsp3) is 0.188. The summed E-state index contributed by atoms with van der Waals surface area (Å²) in [6.45, 7) is 2.13. The number of hydrogen-bond acceptors (Lipinski definition) is 2. The van der Waals surface area contributed by atoms with Gasteiger partial charge in [-0.1, -0.05) is 43.8 Å². The molecule has 0 aromatic heterocycles. The van der Waals surface area contributed by atoms with E-state index in [1.807, 2.05) is 18.2 Å². The van der Waals surface area contributed by atoms with E-state index >= 15 is 0 Å². The molecule has 2 aromatic carbocycles. The normalized spacial score (nSPS) is 10.3. The summed E-state index contributed by atoms with van der Waals surface area (Å²) in [6.07, 6.45) is 2.05. The maximum Gasteiger partial charge on any atom is 0.135 e. The molecule has 0 saturated carbocycles. The Kier molecular flexibility index (Phi) is 4.69. The van der Waals surface area contributed by atoms with Crippen molar-refractivity contribution in [1.82, 2.24) is 0 Å². The molecule has 0 unspecified atom stereocenters. The van der Waals surface area contributed by atoms with Crippen molar-refractivity contribution in [1.29, 1.82) is 0 Å². The van der Waals surface area contributed by atoms with Gasteiger partial charge in [-0.15, -0.1) is 0 Å². The Morgan fingerprint density at radius 2 is 2.00 bits per heavy atom. The van der Waals surface area contributed by atoms with Gasteiger partial charge in [0.2, 0.25) is 0 Å². The average molecular weight is 288 g/mol. The van der Waals surface area contributed by atoms with Gasteiger partial charge in [0.25, 0.3) is 0 Å². The molecule has 20 heavy (non-hydrogen) atoms. The summed E-state index contributed by atoms with van der Waals surface area (Å²) in [7, 11) is 0. The first-order valence-corrected chi connectivity index (χ1v) is 6.97. The molecule has 0 amide bonds. The van der Waals surface area contributed by atoms with Gasteiger partial charge >= 0.3 is 0 Å². The number of aryl methyl sites for hydroxylation is 1. The second kappa shape index (κ2) is 6.48. The summed E-state index contributed by atoms with van der Waals surface area (Å²) >= 11 is 4.80. The zero-order valence-electron chi connectivity index (χ0n) is 11.3. The van der Waals surface area contributed by atoms with Crippen LogP contribution in [0.2, 0.25) is 0 Å². The molecule has 2 aromatic rings. The fourth-order valence-electron chi connectivity index (χ4n) is 2.08. The standard InChI is InChI=1S/C16H17FN2S/c1-2-5-11-6-3-4-7-15(11)19-12-8-9-13(16(18)20)14(17)10-12/h3-4,6-10,19H,2,5H2,1H3,(H2,18,20). The zero-order chi connectivity index (χ0) is 14.5. The van der Waals surface area contributed by atoms with Gasteiger partial charge in [0, 0.05) is 16.9 Å². The van der Waals surface area contributed by atoms with Gasteiger partial charge in [-0.2, -0.15) is 0 Å². The number of rotatable bonds is 5. The third kappa shape index (κ3) is 3.33. The molecule has 3 N–H and O–H groups in total. The van der Waals surface area contributed by atoms with E-state index in [0.29, 0.717) is 5.69 Å². The number of anilines is 2. The van der Waals surface area contributed by atoms with Crippen LogP contribution >= 0.6 is 12.2 Å². The molecule has 0 atom stereocenters. The maximum atomic E-state index is 13.8. The predicted molar refractivity (Wildman–Crippen MR) is 86.0 cm³/mol. The first kappa shape index (κ1) is 14.5. The van der Waals surface area contributed by atoms with E-state index in [-0.39, 0.29) is 10.6 Å². The molecule has 0 spiro atoms. The molecule has 2 rings (SSSR count). The fourth-order valence-corrected chi connectivity index (χ4v) is 2.24. The molecule has 0 aliphatic rings. The van der Waals surface area contributed by atoms with Crippen LogP contribution in [0, 0.1) is 5.82 Å². The molecule has 0 heterocycles. The number of thiocarbonyl (C=S) groups is 1. The number of nitrogens with two attached hydrogens (primary N) is 1. The Morgan fingerprint density at radius 3 is 2.65 bits per heavy atom. The van der Waals surface area contributed by atoms with E-state index < -0.39 is 5.82 Å². The predicted octanol–water partition coefficient (Wildman–Crippen LogP) is 4.16. The van der Waals surface area contributed by atoms with Gasteiger partial charge in [0.05, 0.1) is 0 Å². The van der Waals surface area contributed by atoms with Crippen molar-refractivity contribution >= 4 is 28.6 Å². The lowest BCUT2D eigenvalue weighted by molar-refractivity contribution is 0.626. The number of nitrogens with one attached hydrogen (secondary N) is 1. The summed E-state index contributed by atoms with van der Waals surface area (Å²) in [6, 6.07) is 12.8. The van der Waals surface area contributed by atoms with Crippen LogP contribution in [0.15, 0.2) is 42.5 Å². The number of halogens is 1. The van der Waals surface area contributed by atoms with Crippen LogP contribution in [0.5, 0.6) is 0 Å². The third-order valence-corrected chi connectivity index (χ3v) is 3.27. The third-order valence-electron chi connectivity index (χ3n) is 3.05. The topological polar surface area (TPSA) is 38.0 Å². The van der Waals surface area contributed by atoms with Gasteiger partial charge in [-0.3, -0.25) is 0 Å². The molecular weight excluding hydrogens is 271 g/mol. The van der Waals surface area contributed by atoms with E-state index in [2.05, 4.69) is 18.3 Å². The monoisotopic (exact) mass is 288 g/mol. The Balaban J connectivity index is 2.26. The Hall–Kier alpha value is -1.94. The van der Waals surface area contributed by atoms with Gasteiger partial charge in [0.15, 0.2) is 0 Å². The summed E-state index contributed by atoms with van der Waals surface area (Å²) in [4.78, 5) is 0.0698. The van der Waals surface area contributed by atoms with E-state index in [1.165, 1.54) is 11.6 Å². The molecular formula is C16H17FN2S. The van der Waals surface area contributed by atoms with E-state index in [9.17, 15) is 4.39 Å². The lowest BCUT2D eigenvalue weighted by atomic mass is 10.1. The van der Waals surface area contributed by atoms with Crippen LogP contribution in [-0.2, 0) is 6.42 Å². The van der Waals surface area contributed by atoms with Crippen LogP contribution in [0.4, 0.5) is 15.8 Å². The molecule has 0 saturated heterocycles. The van der Waals surface area contributed by atoms with E-state index in [0.717, 1.165) is 18.5 Å². The molecule has 0 aliphatic carbocycles. The number of para-hydroxylation sites is 1. The summed E-state index contributed by atoms with van der Waals surface area (Å²) in [5.41, 5.74) is 8.62. The maximum absolute atomic E-state index is 13.8. The van der Waals surface area contributed by atoms with Gasteiger partial charge < -0.3 is 11.1 Å². The minimum Gasteiger partial charge on any atom is -0.389 e. The van der Waals surface area contributed by atoms with Crippen molar-refractivity contribution < 1.29 is 4.39 Å². The molecule has 0 aliphatic heterocycles. The van der Waals surface area contributed by atoms with Crippen molar-refractivity contribution in [2.45, 2.75) is 19.8 Å². The number of hydrogen-bond donors (Lipinski definition) is 2. The van der Waals surface area contributed by atoms with Gasteiger partial charge in [0.1, 0.15) is 10.8 Å². The molecule has 2 nitrogen and oxygen atoms in total. The first-order chi connectivity index (χ1) is 9.61. The van der Waals surface area contributed by atoms with E-state index in [1.54, 1.807) is 12.1 Å². The zero-order valence-corrected chi connectivity index (χ0v) is 12.1. The van der Waals surface area contributed by atoms with E-state index in [4.69, 9.17) is 18.0 Å².